The van der Waals surface area contributed by atoms with Gasteiger partial charge in [-0.1, -0.05) is 11.3 Å². The van der Waals surface area contributed by atoms with Gasteiger partial charge in [0.25, 0.3) is 0 Å². The standard InChI is InChI=1S/C12H21N5OS/c1-3-13-12-15-14-11(19-12)9-16-5-4-6-17(8-7-16)10(2)18/h3-9H2,1-2H3,(H,13,15). The molecule has 1 saturated heterocycles. The molecule has 0 saturated carbocycles. The highest BCUT2D eigenvalue weighted by atomic mass is 32.1. The van der Waals surface area contributed by atoms with Gasteiger partial charge in [0.2, 0.25) is 11.0 Å². The van der Waals surface area contributed by atoms with Gasteiger partial charge in [0.05, 0.1) is 6.54 Å². The minimum Gasteiger partial charge on any atom is -0.360 e. The second-order valence-electron chi connectivity index (χ2n) is 4.67. The molecule has 0 aliphatic carbocycles. The lowest BCUT2D eigenvalue weighted by Crippen LogP contribution is -2.33. The molecule has 1 amide bonds. The molecule has 1 aliphatic heterocycles. The minimum absolute atomic E-state index is 0.173. The Hall–Kier alpha value is -1.21. The number of hydrogen-bond acceptors (Lipinski definition) is 6. The summed E-state index contributed by atoms with van der Waals surface area (Å²) >= 11 is 1.61. The van der Waals surface area contributed by atoms with Crippen LogP contribution in [0, 0.1) is 0 Å². The van der Waals surface area contributed by atoms with Crippen LogP contribution >= 0.6 is 11.3 Å². The SMILES string of the molecule is CCNc1nnc(CN2CCCN(C(C)=O)CC2)s1. The summed E-state index contributed by atoms with van der Waals surface area (Å²) in [5.41, 5.74) is 0. The Morgan fingerprint density at radius 1 is 1.32 bits per heavy atom. The Bertz CT molecular complexity index is 422. The van der Waals surface area contributed by atoms with E-state index in [1.54, 1.807) is 18.3 Å². The number of nitrogens with zero attached hydrogens (tertiary/aromatic N) is 4. The zero-order valence-corrected chi connectivity index (χ0v) is 12.4. The Balaban J connectivity index is 1.86. The molecule has 2 heterocycles. The third-order valence-corrected chi connectivity index (χ3v) is 4.05. The summed E-state index contributed by atoms with van der Waals surface area (Å²) in [6.45, 7) is 8.99. The molecule has 106 valence electrons. The predicted octanol–water partition coefficient (Wildman–Crippen LogP) is 1.02. The quantitative estimate of drug-likeness (QED) is 0.894. The second kappa shape index (κ2) is 6.81. The fourth-order valence-corrected chi connectivity index (χ4v) is 3.03. The van der Waals surface area contributed by atoms with Crippen molar-refractivity contribution >= 4 is 22.4 Å². The maximum atomic E-state index is 11.4. The number of aromatic nitrogens is 2. The van der Waals surface area contributed by atoms with Crippen LogP contribution in [0.15, 0.2) is 0 Å². The van der Waals surface area contributed by atoms with Crippen molar-refractivity contribution in [2.45, 2.75) is 26.8 Å². The van der Waals surface area contributed by atoms with Crippen LogP contribution in [-0.2, 0) is 11.3 Å². The molecule has 0 atom stereocenters. The van der Waals surface area contributed by atoms with E-state index in [0.29, 0.717) is 0 Å². The molecule has 0 unspecified atom stereocenters. The summed E-state index contributed by atoms with van der Waals surface area (Å²) in [6.07, 6.45) is 1.03. The van der Waals surface area contributed by atoms with Gasteiger partial charge in [-0.25, -0.2) is 0 Å². The van der Waals surface area contributed by atoms with E-state index in [0.717, 1.165) is 55.8 Å². The van der Waals surface area contributed by atoms with E-state index in [1.807, 2.05) is 11.8 Å². The molecular weight excluding hydrogens is 262 g/mol. The van der Waals surface area contributed by atoms with Crippen LogP contribution in [0.1, 0.15) is 25.3 Å². The number of nitrogens with one attached hydrogen (secondary N) is 1. The van der Waals surface area contributed by atoms with Gasteiger partial charge in [-0.15, -0.1) is 10.2 Å². The summed E-state index contributed by atoms with van der Waals surface area (Å²) in [6, 6.07) is 0. The molecule has 1 aromatic rings. The average molecular weight is 283 g/mol. The first-order chi connectivity index (χ1) is 9.19. The molecule has 0 bridgehead atoms. The van der Waals surface area contributed by atoms with E-state index in [9.17, 15) is 4.79 Å². The van der Waals surface area contributed by atoms with Crippen molar-refractivity contribution in [1.82, 2.24) is 20.0 Å². The maximum absolute atomic E-state index is 11.4. The van der Waals surface area contributed by atoms with Gasteiger partial charge < -0.3 is 10.2 Å². The number of carbonyl (C=O) groups is 1. The minimum atomic E-state index is 0.173. The predicted molar refractivity (Wildman–Crippen MR) is 76.2 cm³/mol. The van der Waals surface area contributed by atoms with Crippen LogP contribution < -0.4 is 5.32 Å². The lowest BCUT2D eigenvalue weighted by Gasteiger charge is -2.19. The zero-order chi connectivity index (χ0) is 13.7. The van der Waals surface area contributed by atoms with Crippen LogP contribution in [0.2, 0.25) is 0 Å². The number of hydrogen-bond donors (Lipinski definition) is 1. The Kier molecular flexibility index (Phi) is 5.09. The molecule has 1 N–H and O–H groups in total. The van der Waals surface area contributed by atoms with Gasteiger partial charge in [0.1, 0.15) is 5.01 Å². The zero-order valence-electron chi connectivity index (χ0n) is 11.6. The molecule has 0 radical (unpaired) electrons. The highest BCUT2D eigenvalue weighted by Gasteiger charge is 2.17. The van der Waals surface area contributed by atoms with E-state index in [2.05, 4.69) is 20.4 Å². The highest BCUT2D eigenvalue weighted by molar-refractivity contribution is 7.15. The molecular formula is C12H21N5OS. The van der Waals surface area contributed by atoms with E-state index in [1.165, 1.54) is 0 Å². The number of anilines is 1. The fraction of sp³-hybridized carbons (Fsp3) is 0.750. The Morgan fingerprint density at radius 2 is 2.16 bits per heavy atom. The van der Waals surface area contributed by atoms with Crippen molar-refractivity contribution in [3.8, 4) is 0 Å². The van der Waals surface area contributed by atoms with Crippen LogP contribution in [0.5, 0.6) is 0 Å². The normalized spacial score (nSPS) is 17.3. The van der Waals surface area contributed by atoms with Crippen molar-refractivity contribution in [3.63, 3.8) is 0 Å². The van der Waals surface area contributed by atoms with Crippen molar-refractivity contribution in [2.24, 2.45) is 0 Å². The Morgan fingerprint density at radius 3 is 2.89 bits per heavy atom. The smallest absolute Gasteiger partial charge is 0.219 e. The lowest BCUT2D eigenvalue weighted by molar-refractivity contribution is -0.128. The third kappa shape index (κ3) is 4.14. The van der Waals surface area contributed by atoms with E-state index in [-0.39, 0.29) is 5.91 Å². The summed E-state index contributed by atoms with van der Waals surface area (Å²) < 4.78 is 0. The molecule has 2 rings (SSSR count). The topological polar surface area (TPSA) is 61.4 Å². The summed E-state index contributed by atoms with van der Waals surface area (Å²) in [5.74, 6) is 0.173. The largest absolute Gasteiger partial charge is 0.360 e. The van der Waals surface area contributed by atoms with Gasteiger partial charge in [-0.3, -0.25) is 9.69 Å². The van der Waals surface area contributed by atoms with Gasteiger partial charge in [-0.2, -0.15) is 0 Å². The summed E-state index contributed by atoms with van der Waals surface area (Å²) in [7, 11) is 0. The van der Waals surface area contributed by atoms with Gasteiger partial charge in [-0.05, 0) is 13.3 Å². The van der Waals surface area contributed by atoms with Gasteiger partial charge in [0.15, 0.2) is 0 Å². The van der Waals surface area contributed by atoms with Crippen molar-refractivity contribution in [2.75, 3.05) is 38.0 Å². The molecule has 1 fully saturated rings. The average Bonchev–Trinajstić information content (AvgIpc) is 2.67. The van der Waals surface area contributed by atoms with Crippen molar-refractivity contribution in [3.05, 3.63) is 5.01 Å². The molecule has 1 aromatic heterocycles. The number of amides is 1. The summed E-state index contributed by atoms with van der Waals surface area (Å²) in [5, 5.41) is 13.4. The molecule has 1 aliphatic rings. The lowest BCUT2D eigenvalue weighted by atomic mass is 10.4. The van der Waals surface area contributed by atoms with Crippen LogP contribution in [0.3, 0.4) is 0 Å². The van der Waals surface area contributed by atoms with Crippen LogP contribution in [0.25, 0.3) is 0 Å². The highest BCUT2D eigenvalue weighted by Crippen LogP contribution is 2.17. The molecule has 0 aromatic carbocycles. The van der Waals surface area contributed by atoms with Gasteiger partial charge >= 0.3 is 0 Å². The van der Waals surface area contributed by atoms with Crippen LogP contribution in [0.4, 0.5) is 5.13 Å². The first-order valence-electron chi connectivity index (χ1n) is 6.73. The molecule has 6 nitrogen and oxygen atoms in total. The number of rotatable bonds is 4. The first kappa shape index (κ1) is 14.2. The summed E-state index contributed by atoms with van der Waals surface area (Å²) in [4.78, 5) is 15.6. The van der Waals surface area contributed by atoms with E-state index in [4.69, 9.17) is 0 Å². The monoisotopic (exact) mass is 283 g/mol. The van der Waals surface area contributed by atoms with Crippen LogP contribution in [-0.4, -0.2) is 58.6 Å². The van der Waals surface area contributed by atoms with Crippen molar-refractivity contribution < 1.29 is 4.79 Å². The van der Waals surface area contributed by atoms with Crippen molar-refractivity contribution in [1.29, 1.82) is 0 Å². The fourth-order valence-electron chi connectivity index (χ4n) is 2.18. The number of carbonyl (C=O) groups excluding carboxylic acids is 1. The second-order valence-corrected chi connectivity index (χ2v) is 5.73. The van der Waals surface area contributed by atoms with E-state index < -0.39 is 0 Å². The van der Waals surface area contributed by atoms with Gasteiger partial charge in [0, 0.05) is 39.6 Å². The molecule has 19 heavy (non-hydrogen) atoms. The van der Waals surface area contributed by atoms with E-state index >= 15 is 0 Å². The molecule has 7 heteroatoms. The molecule has 0 spiro atoms. The first-order valence-corrected chi connectivity index (χ1v) is 7.55. The third-order valence-electron chi connectivity index (χ3n) is 3.19. The maximum Gasteiger partial charge on any atom is 0.219 e. The Labute approximate surface area is 117 Å².